The molecule has 1 N–H and O–H groups in total. The number of benzene rings is 1. The van der Waals surface area contributed by atoms with Crippen LogP contribution in [0.2, 0.25) is 0 Å². The van der Waals surface area contributed by atoms with Crippen molar-refractivity contribution in [3.63, 3.8) is 0 Å². The molecule has 2 nitrogen and oxygen atoms in total. The van der Waals surface area contributed by atoms with Crippen molar-refractivity contribution in [1.29, 1.82) is 0 Å². The first-order valence-electron chi connectivity index (χ1n) is 10.6. The van der Waals surface area contributed by atoms with E-state index < -0.39 is 0 Å². The van der Waals surface area contributed by atoms with Gasteiger partial charge >= 0.3 is 0 Å². The lowest BCUT2D eigenvalue weighted by molar-refractivity contribution is -0.140. The SMILES string of the molecule is O=C(Nc1cccc(C2CCCCC2)c1)C12CC3CC(CC(C3)C1)C2. The molecule has 0 atom stereocenters. The van der Waals surface area contributed by atoms with E-state index in [0.29, 0.717) is 11.8 Å². The molecule has 0 radical (unpaired) electrons. The Balaban J connectivity index is 1.33. The van der Waals surface area contributed by atoms with Crippen molar-refractivity contribution in [2.75, 3.05) is 5.32 Å². The van der Waals surface area contributed by atoms with Gasteiger partial charge in [0.1, 0.15) is 0 Å². The maximum atomic E-state index is 13.2. The first kappa shape index (κ1) is 15.9. The van der Waals surface area contributed by atoms with E-state index in [1.165, 1.54) is 56.9 Å². The Morgan fingerprint density at radius 3 is 2.20 bits per heavy atom. The number of carbonyl (C=O) groups is 1. The molecule has 5 aliphatic rings. The lowest BCUT2D eigenvalue weighted by Gasteiger charge is -2.55. The summed E-state index contributed by atoms with van der Waals surface area (Å²) in [4.78, 5) is 13.2. The predicted molar refractivity (Wildman–Crippen MR) is 102 cm³/mol. The van der Waals surface area contributed by atoms with E-state index in [2.05, 4.69) is 29.6 Å². The molecule has 134 valence electrons. The van der Waals surface area contributed by atoms with Crippen LogP contribution in [-0.4, -0.2) is 5.91 Å². The largest absolute Gasteiger partial charge is 0.326 e. The summed E-state index contributed by atoms with van der Waals surface area (Å²) < 4.78 is 0. The fourth-order valence-electron chi connectivity index (χ4n) is 6.96. The highest BCUT2D eigenvalue weighted by Gasteiger charge is 2.54. The van der Waals surface area contributed by atoms with Crippen LogP contribution in [0.3, 0.4) is 0 Å². The van der Waals surface area contributed by atoms with Crippen LogP contribution in [0, 0.1) is 23.2 Å². The highest BCUT2D eigenvalue weighted by atomic mass is 16.2. The van der Waals surface area contributed by atoms with Gasteiger partial charge < -0.3 is 5.32 Å². The van der Waals surface area contributed by atoms with E-state index in [4.69, 9.17) is 0 Å². The van der Waals surface area contributed by atoms with Crippen LogP contribution in [0.1, 0.15) is 82.1 Å². The summed E-state index contributed by atoms with van der Waals surface area (Å²) in [5.74, 6) is 3.50. The average molecular weight is 338 g/mol. The smallest absolute Gasteiger partial charge is 0.230 e. The van der Waals surface area contributed by atoms with Gasteiger partial charge in [0.05, 0.1) is 5.41 Å². The van der Waals surface area contributed by atoms with E-state index in [9.17, 15) is 4.79 Å². The number of anilines is 1. The molecule has 0 spiro atoms. The molecule has 5 aliphatic carbocycles. The van der Waals surface area contributed by atoms with Crippen LogP contribution in [0.15, 0.2) is 24.3 Å². The minimum atomic E-state index is -0.0460. The van der Waals surface area contributed by atoms with Gasteiger partial charge in [0.25, 0.3) is 0 Å². The Bertz CT molecular complexity index is 623. The van der Waals surface area contributed by atoms with Crippen LogP contribution in [0.4, 0.5) is 5.69 Å². The number of carbonyl (C=O) groups excluding carboxylic acids is 1. The summed E-state index contributed by atoms with van der Waals surface area (Å²) in [5, 5.41) is 3.34. The van der Waals surface area contributed by atoms with Crippen LogP contribution in [-0.2, 0) is 4.79 Å². The van der Waals surface area contributed by atoms with Gasteiger partial charge in [0.2, 0.25) is 5.91 Å². The first-order valence-corrected chi connectivity index (χ1v) is 10.6. The highest BCUT2D eigenvalue weighted by molar-refractivity contribution is 5.95. The van der Waals surface area contributed by atoms with Crippen molar-refractivity contribution < 1.29 is 4.79 Å². The van der Waals surface area contributed by atoms with E-state index in [0.717, 1.165) is 42.7 Å². The van der Waals surface area contributed by atoms with Crippen molar-refractivity contribution >= 4 is 11.6 Å². The summed E-state index contributed by atoms with van der Waals surface area (Å²) in [6.07, 6.45) is 14.3. The zero-order chi connectivity index (χ0) is 16.9. The van der Waals surface area contributed by atoms with E-state index in [1.807, 2.05) is 0 Å². The van der Waals surface area contributed by atoms with Gasteiger partial charge in [-0.05, 0) is 92.7 Å². The molecule has 25 heavy (non-hydrogen) atoms. The molecular formula is C23H31NO. The maximum Gasteiger partial charge on any atom is 0.230 e. The molecule has 5 saturated carbocycles. The third-order valence-electron chi connectivity index (χ3n) is 7.74. The predicted octanol–water partition coefficient (Wildman–Crippen LogP) is 5.89. The fraction of sp³-hybridized carbons (Fsp3) is 0.696. The van der Waals surface area contributed by atoms with Gasteiger partial charge in [-0.1, -0.05) is 31.4 Å². The molecule has 0 saturated heterocycles. The van der Waals surface area contributed by atoms with Gasteiger partial charge in [0.15, 0.2) is 0 Å². The summed E-state index contributed by atoms with van der Waals surface area (Å²) in [6.45, 7) is 0. The molecule has 1 aromatic carbocycles. The van der Waals surface area contributed by atoms with Gasteiger partial charge in [0, 0.05) is 5.69 Å². The second-order valence-corrected chi connectivity index (χ2v) is 9.61. The maximum absolute atomic E-state index is 13.2. The highest BCUT2D eigenvalue weighted by Crippen LogP contribution is 2.60. The molecule has 2 heteroatoms. The summed E-state index contributed by atoms with van der Waals surface area (Å²) in [5.41, 5.74) is 2.42. The second-order valence-electron chi connectivity index (χ2n) is 9.61. The van der Waals surface area contributed by atoms with Crippen LogP contribution in [0.25, 0.3) is 0 Å². The Kier molecular flexibility index (Phi) is 3.91. The van der Waals surface area contributed by atoms with Crippen molar-refractivity contribution in [1.82, 2.24) is 0 Å². The Morgan fingerprint density at radius 1 is 0.920 bits per heavy atom. The van der Waals surface area contributed by atoms with Gasteiger partial charge in [-0.25, -0.2) is 0 Å². The van der Waals surface area contributed by atoms with Crippen molar-refractivity contribution in [2.45, 2.75) is 76.5 Å². The Morgan fingerprint density at radius 2 is 1.56 bits per heavy atom. The average Bonchev–Trinajstić information content (AvgIpc) is 2.61. The molecular weight excluding hydrogens is 306 g/mol. The van der Waals surface area contributed by atoms with E-state index >= 15 is 0 Å². The number of nitrogens with one attached hydrogen (secondary N) is 1. The van der Waals surface area contributed by atoms with Gasteiger partial charge in [-0.15, -0.1) is 0 Å². The number of hydrogen-bond donors (Lipinski definition) is 1. The summed E-state index contributed by atoms with van der Waals surface area (Å²) >= 11 is 0. The monoisotopic (exact) mass is 337 g/mol. The molecule has 4 bridgehead atoms. The Hall–Kier alpha value is -1.31. The van der Waals surface area contributed by atoms with Gasteiger partial charge in [-0.3, -0.25) is 4.79 Å². The standard InChI is InChI=1S/C23H31NO/c25-22(23-13-16-9-17(14-23)11-18(10-16)15-23)24-21-8-4-7-20(12-21)19-5-2-1-3-6-19/h4,7-8,12,16-19H,1-3,5-6,9-11,13-15H2,(H,24,25). The molecule has 0 aliphatic heterocycles. The number of hydrogen-bond acceptors (Lipinski definition) is 1. The van der Waals surface area contributed by atoms with Gasteiger partial charge in [-0.2, -0.15) is 0 Å². The molecule has 1 aromatic rings. The van der Waals surface area contributed by atoms with Crippen molar-refractivity contribution in [3.05, 3.63) is 29.8 Å². The van der Waals surface area contributed by atoms with Crippen molar-refractivity contribution in [2.24, 2.45) is 23.2 Å². The van der Waals surface area contributed by atoms with E-state index in [-0.39, 0.29) is 5.41 Å². The zero-order valence-electron chi connectivity index (χ0n) is 15.3. The molecule has 1 amide bonds. The normalized spacial score (nSPS) is 37.2. The molecule has 0 aromatic heterocycles. The lowest BCUT2D eigenvalue weighted by Crippen LogP contribution is -2.51. The third kappa shape index (κ3) is 2.92. The van der Waals surface area contributed by atoms with Crippen LogP contribution >= 0.6 is 0 Å². The molecule has 6 rings (SSSR count). The number of amides is 1. The van der Waals surface area contributed by atoms with Crippen molar-refractivity contribution in [3.8, 4) is 0 Å². The topological polar surface area (TPSA) is 29.1 Å². The van der Waals surface area contributed by atoms with Crippen LogP contribution in [0.5, 0.6) is 0 Å². The fourth-order valence-corrected chi connectivity index (χ4v) is 6.96. The minimum Gasteiger partial charge on any atom is -0.326 e. The molecule has 5 fully saturated rings. The quantitative estimate of drug-likeness (QED) is 0.732. The lowest BCUT2D eigenvalue weighted by atomic mass is 9.49. The summed E-state index contributed by atoms with van der Waals surface area (Å²) in [6, 6.07) is 8.74. The Labute approximate surface area is 151 Å². The summed E-state index contributed by atoms with van der Waals surface area (Å²) in [7, 11) is 0. The second kappa shape index (κ2) is 6.14. The first-order chi connectivity index (χ1) is 12.2. The van der Waals surface area contributed by atoms with E-state index in [1.54, 1.807) is 0 Å². The zero-order valence-corrected chi connectivity index (χ0v) is 15.3. The molecule has 0 heterocycles. The molecule has 0 unspecified atom stereocenters. The third-order valence-corrected chi connectivity index (χ3v) is 7.74. The minimum absolute atomic E-state index is 0.0460. The number of rotatable bonds is 3. The van der Waals surface area contributed by atoms with Crippen LogP contribution < -0.4 is 5.32 Å².